The molecule has 2 aromatic rings. The fourth-order valence-corrected chi connectivity index (χ4v) is 3.82. The summed E-state index contributed by atoms with van der Waals surface area (Å²) in [5.41, 5.74) is 1.00. The molecule has 0 unspecified atom stereocenters. The first kappa shape index (κ1) is 23.1. The maximum Gasteiger partial charge on any atom is 0.242 e. The Morgan fingerprint density at radius 3 is 2.24 bits per heavy atom. The zero-order valence-corrected chi connectivity index (χ0v) is 19.0. The highest BCUT2D eigenvalue weighted by atomic mass is 32.1. The van der Waals surface area contributed by atoms with Crippen LogP contribution in [0.4, 0.5) is 0 Å². The van der Waals surface area contributed by atoms with Gasteiger partial charge in [0.2, 0.25) is 11.8 Å². The summed E-state index contributed by atoms with van der Waals surface area (Å²) < 4.78 is 0. The minimum atomic E-state index is -0.0920. The van der Waals surface area contributed by atoms with E-state index in [4.69, 9.17) is 0 Å². The van der Waals surface area contributed by atoms with Gasteiger partial charge in [-0.15, -0.1) is 11.3 Å². The van der Waals surface area contributed by atoms with Gasteiger partial charge in [0.05, 0.1) is 13.1 Å². The molecular formula is C24H34N2O2S. The molecule has 0 spiro atoms. The molecule has 0 atom stereocenters. The van der Waals surface area contributed by atoms with Crippen molar-refractivity contribution in [1.29, 1.82) is 0 Å². The summed E-state index contributed by atoms with van der Waals surface area (Å²) in [4.78, 5) is 30.9. The Hall–Kier alpha value is -2.14. The van der Waals surface area contributed by atoms with Crippen LogP contribution in [0.5, 0.6) is 0 Å². The van der Waals surface area contributed by atoms with Gasteiger partial charge in [-0.05, 0) is 28.8 Å². The van der Waals surface area contributed by atoms with E-state index in [0.29, 0.717) is 26.1 Å². The summed E-state index contributed by atoms with van der Waals surface area (Å²) in [5, 5.41) is 2.03. The lowest BCUT2D eigenvalue weighted by atomic mass is 9.91. The molecule has 2 rings (SSSR count). The second kappa shape index (κ2) is 11.1. The number of amides is 2. The molecule has 4 nitrogen and oxygen atoms in total. The molecule has 0 aliphatic carbocycles. The van der Waals surface area contributed by atoms with E-state index >= 15 is 0 Å². The van der Waals surface area contributed by atoms with E-state index in [0.717, 1.165) is 23.3 Å². The van der Waals surface area contributed by atoms with Crippen LogP contribution in [0.25, 0.3) is 0 Å². The molecule has 158 valence electrons. The average Bonchev–Trinajstić information content (AvgIpc) is 3.17. The third-order valence-corrected chi connectivity index (χ3v) is 5.50. The van der Waals surface area contributed by atoms with Gasteiger partial charge < -0.3 is 9.80 Å². The second-order valence-electron chi connectivity index (χ2n) is 8.72. The van der Waals surface area contributed by atoms with Gasteiger partial charge in [-0.25, -0.2) is 0 Å². The zero-order chi connectivity index (χ0) is 21.3. The van der Waals surface area contributed by atoms with E-state index in [1.165, 1.54) is 0 Å². The van der Waals surface area contributed by atoms with E-state index in [1.54, 1.807) is 16.2 Å². The highest BCUT2D eigenvalue weighted by Gasteiger charge is 2.25. The van der Waals surface area contributed by atoms with E-state index in [-0.39, 0.29) is 23.8 Å². The molecule has 0 bridgehead atoms. The highest BCUT2D eigenvalue weighted by molar-refractivity contribution is 7.09. The summed E-state index contributed by atoms with van der Waals surface area (Å²) in [6.45, 7) is 10.2. The number of thiophene rings is 1. The second-order valence-corrected chi connectivity index (χ2v) is 9.75. The number of hydrogen-bond acceptors (Lipinski definition) is 3. The van der Waals surface area contributed by atoms with Gasteiger partial charge in [0.1, 0.15) is 0 Å². The Balaban J connectivity index is 2.14. The molecule has 0 N–H and O–H groups in total. The molecule has 2 amide bonds. The van der Waals surface area contributed by atoms with Crippen molar-refractivity contribution < 1.29 is 9.59 Å². The Morgan fingerprint density at radius 1 is 0.931 bits per heavy atom. The molecule has 5 heteroatoms. The number of carbonyl (C=O) groups is 2. The van der Waals surface area contributed by atoms with Gasteiger partial charge in [0.25, 0.3) is 0 Å². The van der Waals surface area contributed by atoms with Crippen molar-refractivity contribution in [3.63, 3.8) is 0 Å². The van der Waals surface area contributed by atoms with Gasteiger partial charge in [0, 0.05) is 24.4 Å². The standard InChI is InChI=1S/C24H34N2O2S/c1-5-6-14-25(22(27)16-24(2,3)4)19-23(28)26(18-21-13-10-15-29-21)17-20-11-8-7-9-12-20/h7-13,15H,5-6,14,16-19H2,1-4H3. The van der Waals surface area contributed by atoms with Crippen molar-refractivity contribution >= 4 is 23.2 Å². The molecule has 1 heterocycles. The van der Waals surface area contributed by atoms with E-state index in [2.05, 4.69) is 33.8 Å². The highest BCUT2D eigenvalue weighted by Crippen LogP contribution is 2.21. The Morgan fingerprint density at radius 2 is 1.66 bits per heavy atom. The van der Waals surface area contributed by atoms with Crippen molar-refractivity contribution in [2.75, 3.05) is 13.1 Å². The summed E-state index contributed by atoms with van der Waals surface area (Å²) in [5.74, 6) is 0.0655. The molecule has 0 radical (unpaired) electrons. The van der Waals surface area contributed by atoms with Crippen LogP contribution >= 0.6 is 11.3 Å². The topological polar surface area (TPSA) is 40.6 Å². The first-order valence-corrected chi connectivity index (χ1v) is 11.3. The maximum absolute atomic E-state index is 13.3. The average molecular weight is 415 g/mol. The van der Waals surface area contributed by atoms with Crippen molar-refractivity contribution in [1.82, 2.24) is 9.80 Å². The quantitative estimate of drug-likeness (QED) is 0.526. The van der Waals surface area contributed by atoms with Crippen LogP contribution in [0.15, 0.2) is 47.8 Å². The molecule has 0 saturated heterocycles. The van der Waals surface area contributed by atoms with Crippen LogP contribution in [0.2, 0.25) is 0 Å². The fraction of sp³-hybridized carbons (Fsp3) is 0.500. The number of rotatable bonds is 10. The van der Waals surface area contributed by atoms with Crippen LogP contribution in [-0.4, -0.2) is 34.7 Å². The van der Waals surface area contributed by atoms with Crippen molar-refractivity contribution in [3.05, 3.63) is 58.3 Å². The summed E-state index contributed by atoms with van der Waals surface area (Å²) in [6, 6.07) is 14.1. The number of hydrogen-bond donors (Lipinski definition) is 0. The summed E-state index contributed by atoms with van der Waals surface area (Å²) >= 11 is 1.65. The van der Waals surface area contributed by atoms with Gasteiger partial charge >= 0.3 is 0 Å². The van der Waals surface area contributed by atoms with Crippen LogP contribution in [0, 0.1) is 5.41 Å². The van der Waals surface area contributed by atoms with Crippen molar-refractivity contribution in [2.45, 2.75) is 60.0 Å². The Bertz CT molecular complexity index is 751. The lowest BCUT2D eigenvalue weighted by molar-refractivity contribution is -0.142. The molecule has 1 aromatic heterocycles. The van der Waals surface area contributed by atoms with Gasteiger partial charge in [-0.3, -0.25) is 9.59 Å². The largest absolute Gasteiger partial charge is 0.333 e. The van der Waals surface area contributed by atoms with E-state index in [1.807, 2.05) is 46.7 Å². The Labute approximate surface area is 179 Å². The zero-order valence-electron chi connectivity index (χ0n) is 18.2. The number of carbonyl (C=O) groups excluding carboxylic acids is 2. The fourth-order valence-electron chi connectivity index (χ4n) is 3.10. The van der Waals surface area contributed by atoms with Gasteiger partial charge in [0.15, 0.2) is 0 Å². The minimum absolute atomic E-state index is 0.000570. The van der Waals surface area contributed by atoms with Gasteiger partial charge in [-0.2, -0.15) is 0 Å². The Kier molecular flexibility index (Phi) is 8.90. The smallest absolute Gasteiger partial charge is 0.242 e. The minimum Gasteiger partial charge on any atom is -0.333 e. The molecule has 0 aliphatic rings. The normalized spacial score (nSPS) is 11.3. The van der Waals surface area contributed by atoms with Crippen LogP contribution in [0.3, 0.4) is 0 Å². The SMILES string of the molecule is CCCCN(CC(=O)N(Cc1ccccc1)Cc1cccs1)C(=O)CC(C)(C)C. The first-order chi connectivity index (χ1) is 13.8. The molecule has 0 aliphatic heterocycles. The maximum atomic E-state index is 13.3. The molecular weight excluding hydrogens is 380 g/mol. The van der Waals surface area contributed by atoms with Crippen molar-refractivity contribution in [2.24, 2.45) is 5.41 Å². The predicted molar refractivity (Wildman–Crippen MR) is 121 cm³/mol. The summed E-state index contributed by atoms with van der Waals surface area (Å²) in [7, 11) is 0. The third-order valence-electron chi connectivity index (χ3n) is 4.64. The third kappa shape index (κ3) is 8.40. The van der Waals surface area contributed by atoms with Crippen LogP contribution in [-0.2, 0) is 22.7 Å². The van der Waals surface area contributed by atoms with Crippen LogP contribution < -0.4 is 0 Å². The summed E-state index contributed by atoms with van der Waals surface area (Å²) in [6.07, 6.45) is 2.36. The lowest BCUT2D eigenvalue weighted by Crippen LogP contribution is -2.43. The van der Waals surface area contributed by atoms with E-state index < -0.39 is 0 Å². The lowest BCUT2D eigenvalue weighted by Gasteiger charge is -2.29. The molecule has 0 fully saturated rings. The number of nitrogens with zero attached hydrogens (tertiary/aromatic N) is 2. The van der Waals surface area contributed by atoms with Gasteiger partial charge in [-0.1, -0.05) is 70.5 Å². The first-order valence-electron chi connectivity index (χ1n) is 10.4. The van der Waals surface area contributed by atoms with Crippen LogP contribution in [0.1, 0.15) is 57.4 Å². The molecule has 0 saturated carbocycles. The molecule has 1 aromatic carbocycles. The number of benzene rings is 1. The number of unbranched alkanes of at least 4 members (excludes halogenated alkanes) is 1. The monoisotopic (exact) mass is 414 g/mol. The molecule has 29 heavy (non-hydrogen) atoms. The van der Waals surface area contributed by atoms with Crippen molar-refractivity contribution in [3.8, 4) is 0 Å². The van der Waals surface area contributed by atoms with E-state index in [9.17, 15) is 9.59 Å². The predicted octanol–water partition coefficient (Wildman–Crippen LogP) is 5.34.